The van der Waals surface area contributed by atoms with E-state index in [2.05, 4.69) is 26.0 Å². The van der Waals surface area contributed by atoms with Crippen LogP contribution in [0.2, 0.25) is 0 Å². The van der Waals surface area contributed by atoms with Gasteiger partial charge in [0.15, 0.2) is 5.78 Å². The molecule has 1 heteroatoms. The van der Waals surface area contributed by atoms with Crippen LogP contribution in [0.3, 0.4) is 0 Å². The Kier molecular flexibility index (Phi) is 6.91. The number of Topliss-reactive ketones (excluding diaryl/α,β-unsaturated/α-hetero) is 1. The van der Waals surface area contributed by atoms with Crippen LogP contribution in [0.5, 0.6) is 0 Å². The Balaban J connectivity index is 2.66. The van der Waals surface area contributed by atoms with E-state index in [9.17, 15) is 4.79 Å². The van der Waals surface area contributed by atoms with Crippen LogP contribution in [0.1, 0.15) is 71.6 Å². The maximum Gasteiger partial charge on any atom is 0.162 e. The highest BCUT2D eigenvalue weighted by atomic mass is 16.1. The number of carbonyl (C=O) groups excluding carboxylic acids is 1. The second-order valence-electron chi connectivity index (χ2n) is 4.91. The summed E-state index contributed by atoms with van der Waals surface area (Å²) in [6.07, 6.45) is 14.4. The molecule has 0 heterocycles. The lowest BCUT2D eigenvalue weighted by atomic mass is 9.86. The number of rotatable bonds is 6. The Morgan fingerprint density at radius 3 is 2.29 bits per heavy atom. The lowest BCUT2D eigenvalue weighted by Crippen LogP contribution is -2.11. The summed E-state index contributed by atoms with van der Waals surface area (Å²) in [7, 11) is 0. The topological polar surface area (TPSA) is 17.1 Å². The van der Waals surface area contributed by atoms with Crippen LogP contribution in [-0.4, -0.2) is 5.78 Å². The van der Waals surface area contributed by atoms with Gasteiger partial charge in [0.1, 0.15) is 0 Å². The largest absolute Gasteiger partial charge is 0.294 e. The van der Waals surface area contributed by atoms with Crippen molar-refractivity contribution in [3.8, 4) is 0 Å². The number of carbonyl (C=O) groups is 1. The second-order valence-corrected chi connectivity index (χ2v) is 4.91. The molecule has 1 saturated carbocycles. The molecule has 1 nitrogen and oxygen atoms in total. The molecule has 0 radical (unpaired) electrons. The summed E-state index contributed by atoms with van der Waals surface area (Å²) in [6.45, 7) is 4.40. The third-order valence-electron chi connectivity index (χ3n) is 3.35. The fraction of sp³-hybridized carbons (Fsp3) is 0.688. The van der Waals surface area contributed by atoms with Gasteiger partial charge in [-0.25, -0.2) is 0 Å². The fourth-order valence-electron chi connectivity index (χ4n) is 2.28. The normalized spacial score (nSPS) is 21.4. The van der Waals surface area contributed by atoms with E-state index >= 15 is 0 Å². The van der Waals surface area contributed by atoms with Gasteiger partial charge in [0.25, 0.3) is 0 Å². The van der Waals surface area contributed by atoms with E-state index in [1.54, 1.807) is 0 Å². The SMILES string of the molecule is CCCCC=C1CCCC(=O)C1=CCCCC. The Hall–Kier alpha value is -0.850. The van der Waals surface area contributed by atoms with Gasteiger partial charge in [-0.15, -0.1) is 0 Å². The van der Waals surface area contributed by atoms with Gasteiger partial charge >= 0.3 is 0 Å². The molecular formula is C16H26O. The number of ketones is 1. The molecule has 0 N–H and O–H groups in total. The first-order valence-electron chi connectivity index (χ1n) is 7.22. The Morgan fingerprint density at radius 1 is 1.00 bits per heavy atom. The van der Waals surface area contributed by atoms with Crippen LogP contribution < -0.4 is 0 Å². The van der Waals surface area contributed by atoms with E-state index in [1.165, 1.54) is 31.3 Å². The van der Waals surface area contributed by atoms with Crippen LogP contribution in [-0.2, 0) is 4.79 Å². The summed E-state index contributed by atoms with van der Waals surface area (Å²) >= 11 is 0. The molecule has 17 heavy (non-hydrogen) atoms. The standard InChI is InChI=1S/C16H26O/c1-3-5-7-10-14-11-9-13-16(17)15(14)12-8-6-4-2/h10,12H,3-9,11,13H2,1-2H3. The molecule has 96 valence electrons. The van der Waals surface area contributed by atoms with Gasteiger partial charge in [0.2, 0.25) is 0 Å². The van der Waals surface area contributed by atoms with E-state index in [1.807, 2.05) is 0 Å². The average Bonchev–Trinajstić information content (AvgIpc) is 2.33. The zero-order valence-electron chi connectivity index (χ0n) is 11.4. The van der Waals surface area contributed by atoms with Crippen LogP contribution in [0, 0.1) is 0 Å². The first kappa shape index (κ1) is 14.2. The molecule has 0 unspecified atom stereocenters. The number of hydrogen-bond donors (Lipinski definition) is 0. The third-order valence-corrected chi connectivity index (χ3v) is 3.35. The molecule has 1 aliphatic carbocycles. The fourth-order valence-corrected chi connectivity index (χ4v) is 2.28. The first-order chi connectivity index (χ1) is 8.29. The van der Waals surface area contributed by atoms with Crippen LogP contribution in [0.15, 0.2) is 23.3 Å². The molecule has 1 fully saturated rings. The van der Waals surface area contributed by atoms with E-state index < -0.39 is 0 Å². The minimum absolute atomic E-state index is 0.370. The molecule has 0 bridgehead atoms. The molecule has 1 aliphatic rings. The zero-order chi connectivity index (χ0) is 12.5. The Labute approximate surface area is 106 Å². The van der Waals surface area contributed by atoms with E-state index in [0.717, 1.165) is 37.7 Å². The minimum atomic E-state index is 0.370. The monoisotopic (exact) mass is 234 g/mol. The maximum atomic E-state index is 11.9. The predicted molar refractivity (Wildman–Crippen MR) is 74.1 cm³/mol. The molecule has 0 aromatic rings. The van der Waals surface area contributed by atoms with Gasteiger partial charge in [0.05, 0.1) is 0 Å². The zero-order valence-corrected chi connectivity index (χ0v) is 11.4. The van der Waals surface area contributed by atoms with Crippen molar-refractivity contribution in [1.29, 1.82) is 0 Å². The molecule has 1 rings (SSSR count). The van der Waals surface area contributed by atoms with Crippen molar-refractivity contribution in [2.24, 2.45) is 0 Å². The number of hydrogen-bond acceptors (Lipinski definition) is 1. The van der Waals surface area contributed by atoms with Crippen molar-refractivity contribution in [1.82, 2.24) is 0 Å². The third kappa shape index (κ3) is 4.89. The van der Waals surface area contributed by atoms with Crippen molar-refractivity contribution < 1.29 is 4.79 Å². The van der Waals surface area contributed by atoms with Gasteiger partial charge in [-0.2, -0.15) is 0 Å². The summed E-state index contributed by atoms with van der Waals surface area (Å²) in [5.41, 5.74) is 2.37. The predicted octanol–water partition coefficient (Wildman–Crippen LogP) is 4.97. The molecule has 0 saturated heterocycles. The van der Waals surface area contributed by atoms with Crippen LogP contribution in [0.25, 0.3) is 0 Å². The van der Waals surface area contributed by atoms with Crippen molar-refractivity contribution in [2.45, 2.75) is 71.6 Å². The molecule has 0 amide bonds. The Bertz CT molecular complexity index is 297. The van der Waals surface area contributed by atoms with Crippen molar-refractivity contribution in [3.05, 3.63) is 23.3 Å². The molecule has 0 spiro atoms. The molecule has 0 aromatic heterocycles. The smallest absolute Gasteiger partial charge is 0.162 e. The molecule has 0 aliphatic heterocycles. The van der Waals surface area contributed by atoms with Crippen molar-refractivity contribution in [3.63, 3.8) is 0 Å². The highest BCUT2D eigenvalue weighted by Crippen LogP contribution is 2.27. The highest BCUT2D eigenvalue weighted by molar-refractivity contribution is 6.00. The first-order valence-corrected chi connectivity index (χ1v) is 7.22. The quantitative estimate of drug-likeness (QED) is 0.468. The summed E-state index contributed by atoms with van der Waals surface area (Å²) in [5.74, 6) is 0.370. The lowest BCUT2D eigenvalue weighted by molar-refractivity contribution is -0.115. The molecular weight excluding hydrogens is 208 g/mol. The van der Waals surface area contributed by atoms with Gasteiger partial charge < -0.3 is 0 Å². The molecule has 0 atom stereocenters. The minimum Gasteiger partial charge on any atom is -0.294 e. The lowest BCUT2D eigenvalue weighted by Gasteiger charge is -2.17. The maximum absolute atomic E-state index is 11.9. The second kappa shape index (κ2) is 8.27. The van der Waals surface area contributed by atoms with E-state index in [4.69, 9.17) is 0 Å². The number of unbranched alkanes of at least 4 members (excludes halogenated alkanes) is 4. The van der Waals surface area contributed by atoms with E-state index in [-0.39, 0.29) is 0 Å². The van der Waals surface area contributed by atoms with Crippen molar-refractivity contribution >= 4 is 5.78 Å². The highest BCUT2D eigenvalue weighted by Gasteiger charge is 2.18. The number of allylic oxidation sites excluding steroid dienone is 4. The van der Waals surface area contributed by atoms with Crippen LogP contribution in [0.4, 0.5) is 0 Å². The van der Waals surface area contributed by atoms with E-state index in [0.29, 0.717) is 5.78 Å². The van der Waals surface area contributed by atoms with Crippen LogP contribution >= 0.6 is 0 Å². The van der Waals surface area contributed by atoms with Crippen molar-refractivity contribution in [2.75, 3.05) is 0 Å². The average molecular weight is 234 g/mol. The molecule has 0 aromatic carbocycles. The van der Waals surface area contributed by atoms with Gasteiger partial charge in [0, 0.05) is 12.0 Å². The summed E-state index contributed by atoms with van der Waals surface area (Å²) in [4.78, 5) is 11.9. The summed E-state index contributed by atoms with van der Waals surface area (Å²) in [5, 5.41) is 0. The van der Waals surface area contributed by atoms with Gasteiger partial charge in [-0.3, -0.25) is 4.79 Å². The Morgan fingerprint density at radius 2 is 1.65 bits per heavy atom. The summed E-state index contributed by atoms with van der Waals surface area (Å²) in [6, 6.07) is 0. The summed E-state index contributed by atoms with van der Waals surface area (Å²) < 4.78 is 0. The van der Waals surface area contributed by atoms with Gasteiger partial charge in [-0.1, -0.05) is 51.7 Å². The van der Waals surface area contributed by atoms with Gasteiger partial charge in [-0.05, 0) is 31.3 Å².